The van der Waals surface area contributed by atoms with E-state index in [1.54, 1.807) is 4.57 Å². The van der Waals surface area contributed by atoms with Gasteiger partial charge in [-0.25, -0.2) is 4.79 Å². The lowest BCUT2D eigenvalue weighted by atomic mass is 9.90. The number of alkyl halides is 3. The van der Waals surface area contributed by atoms with Crippen molar-refractivity contribution in [1.29, 1.82) is 0 Å². The van der Waals surface area contributed by atoms with Gasteiger partial charge in [-0.05, 0) is 30.5 Å². The lowest BCUT2D eigenvalue weighted by Gasteiger charge is -2.31. The lowest BCUT2D eigenvalue weighted by molar-refractivity contribution is -0.153. The predicted octanol–water partition coefficient (Wildman–Crippen LogP) is 3.67. The molecule has 0 spiro atoms. The van der Waals surface area contributed by atoms with Gasteiger partial charge in [0.2, 0.25) is 0 Å². The molecule has 2 aromatic rings. The summed E-state index contributed by atoms with van der Waals surface area (Å²) in [6.07, 6.45) is -2.08. The van der Waals surface area contributed by atoms with Gasteiger partial charge in [-0.2, -0.15) is 13.2 Å². The highest BCUT2D eigenvalue weighted by atomic mass is 19.4. The Morgan fingerprint density at radius 3 is 2.57 bits per heavy atom. The number of benzene rings is 1. The van der Waals surface area contributed by atoms with Crippen LogP contribution in [0.15, 0.2) is 29.2 Å². The van der Waals surface area contributed by atoms with Gasteiger partial charge in [-0.3, -0.25) is 4.79 Å². The zero-order valence-corrected chi connectivity index (χ0v) is 15.2. The summed E-state index contributed by atoms with van der Waals surface area (Å²) in [7, 11) is 1.31. The van der Waals surface area contributed by atoms with Crippen molar-refractivity contribution < 1.29 is 32.5 Å². The molecule has 0 amide bonds. The Morgan fingerprint density at radius 2 is 2.00 bits per heavy atom. The zero-order valence-electron chi connectivity index (χ0n) is 15.2. The molecule has 6 nitrogen and oxygen atoms in total. The van der Waals surface area contributed by atoms with E-state index in [0.29, 0.717) is 29.7 Å². The van der Waals surface area contributed by atoms with E-state index in [1.165, 1.54) is 31.5 Å². The quantitative estimate of drug-likeness (QED) is 0.833. The first-order valence-corrected chi connectivity index (χ1v) is 8.55. The summed E-state index contributed by atoms with van der Waals surface area (Å²) in [6.45, 7) is 0.458. The van der Waals surface area contributed by atoms with Crippen LogP contribution in [-0.2, 0) is 6.42 Å². The number of carboxylic acids is 1. The zero-order chi connectivity index (χ0) is 20.6. The Labute approximate surface area is 158 Å². The normalized spacial score (nSPS) is 15.5. The molecule has 1 unspecified atom stereocenters. The first-order chi connectivity index (χ1) is 13.1. The first kappa shape index (κ1) is 19.8. The number of pyridine rings is 1. The Bertz CT molecular complexity index is 981. The Kier molecular flexibility index (Phi) is 5.10. The van der Waals surface area contributed by atoms with Gasteiger partial charge in [-0.1, -0.05) is 6.92 Å². The van der Waals surface area contributed by atoms with Crippen LogP contribution in [0.25, 0.3) is 11.3 Å². The number of fused-ring (bicyclic) bond motifs is 3. The largest absolute Gasteiger partial charge is 0.493 e. The van der Waals surface area contributed by atoms with E-state index in [9.17, 15) is 27.9 Å². The second-order valence-electron chi connectivity index (χ2n) is 6.48. The summed E-state index contributed by atoms with van der Waals surface area (Å²) in [6, 6.07) is 4.09. The number of nitrogens with zero attached hydrogens (tertiary/aromatic N) is 1. The molecular formula is C19H18F3NO5. The SMILES string of the molecule is CCC1Cc2cc(OCC(F)(F)F)c(OC)cc2-c2cc(=O)c(C(=O)O)cn21. The minimum Gasteiger partial charge on any atom is -0.493 e. The summed E-state index contributed by atoms with van der Waals surface area (Å²) in [4.78, 5) is 23.5. The maximum Gasteiger partial charge on any atom is 0.422 e. The second kappa shape index (κ2) is 7.21. The average molecular weight is 397 g/mol. The molecule has 150 valence electrons. The number of rotatable bonds is 5. The number of carbonyl (C=O) groups is 1. The van der Waals surface area contributed by atoms with E-state index in [0.717, 1.165) is 0 Å². The van der Waals surface area contributed by atoms with Crippen LogP contribution in [0.1, 0.15) is 35.3 Å². The molecule has 0 bridgehead atoms. The van der Waals surface area contributed by atoms with Crippen LogP contribution in [0.2, 0.25) is 0 Å². The molecule has 1 N–H and O–H groups in total. The van der Waals surface area contributed by atoms with Gasteiger partial charge >= 0.3 is 12.1 Å². The maximum absolute atomic E-state index is 12.5. The highest BCUT2D eigenvalue weighted by Gasteiger charge is 2.31. The monoisotopic (exact) mass is 397 g/mol. The number of carboxylic acid groups (broad SMARTS) is 1. The molecule has 0 fully saturated rings. The molecule has 3 rings (SSSR count). The van der Waals surface area contributed by atoms with Crippen molar-refractivity contribution in [2.24, 2.45) is 0 Å². The van der Waals surface area contributed by atoms with Crippen LogP contribution < -0.4 is 14.9 Å². The third kappa shape index (κ3) is 3.69. The molecule has 1 aliphatic rings. The summed E-state index contributed by atoms with van der Waals surface area (Å²) >= 11 is 0. The molecule has 9 heteroatoms. The van der Waals surface area contributed by atoms with E-state index in [1.807, 2.05) is 6.92 Å². The Morgan fingerprint density at radius 1 is 1.29 bits per heavy atom. The second-order valence-corrected chi connectivity index (χ2v) is 6.48. The fraction of sp³-hybridized carbons (Fsp3) is 0.368. The van der Waals surface area contributed by atoms with Gasteiger partial charge in [-0.15, -0.1) is 0 Å². The van der Waals surface area contributed by atoms with Gasteiger partial charge in [0.05, 0.1) is 12.8 Å². The van der Waals surface area contributed by atoms with Crippen molar-refractivity contribution in [2.75, 3.05) is 13.7 Å². The molecule has 1 atom stereocenters. The van der Waals surface area contributed by atoms with E-state index in [2.05, 4.69) is 0 Å². The number of methoxy groups -OCH3 is 1. The fourth-order valence-corrected chi connectivity index (χ4v) is 3.36. The minimum atomic E-state index is -4.49. The molecule has 1 aliphatic heterocycles. The van der Waals surface area contributed by atoms with Crippen molar-refractivity contribution in [1.82, 2.24) is 4.57 Å². The lowest BCUT2D eigenvalue weighted by Crippen LogP contribution is -2.25. The molecule has 0 aliphatic carbocycles. The molecule has 1 aromatic heterocycles. The van der Waals surface area contributed by atoms with Gasteiger partial charge in [0.15, 0.2) is 23.5 Å². The van der Waals surface area contributed by atoms with E-state index in [4.69, 9.17) is 9.47 Å². The Hall–Kier alpha value is -2.97. The molecular weight excluding hydrogens is 379 g/mol. The van der Waals surface area contributed by atoms with Crippen molar-refractivity contribution in [3.8, 4) is 22.8 Å². The summed E-state index contributed by atoms with van der Waals surface area (Å²) in [5.41, 5.74) is 0.812. The number of halogens is 3. The summed E-state index contributed by atoms with van der Waals surface area (Å²) < 4.78 is 49.4. The highest BCUT2D eigenvalue weighted by Crippen LogP contribution is 2.42. The van der Waals surface area contributed by atoms with Crippen molar-refractivity contribution in [2.45, 2.75) is 32.0 Å². The van der Waals surface area contributed by atoms with Gasteiger partial charge in [0.1, 0.15) is 5.56 Å². The number of hydrogen-bond acceptors (Lipinski definition) is 4. The van der Waals surface area contributed by atoms with Crippen LogP contribution in [0.4, 0.5) is 13.2 Å². The van der Waals surface area contributed by atoms with Crippen LogP contribution in [-0.4, -0.2) is 35.5 Å². The van der Waals surface area contributed by atoms with E-state index < -0.39 is 24.2 Å². The highest BCUT2D eigenvalue weighted by molar-refractivity contribution is 5.87. The van der Waals surface area contributed by atoms with Gasteiger partial charge in [0.25, 0.3) is 0 Å². The molecule has 1 aromatic carbocycles. The molecule has 28 heavy (non-hydrogen) atoms. The van der Waals surface area contributed by atoms with Crippen LogP contribution in [0.3, 0.4) is 0 Å². The summed E-state index contributed by atoms with van der Waals surface area (Å²) in [5.74, 6) is -1.25. The first-order valence-electron chi connectivity index (χ1n) is 8.55. The van der Waals surface area contributed by atoms with E-state index >= 15 is 0 Å². The predicted molar refractivity (Wildman–Crippen MR) is 94.2 cm³/mol. The number of aromatic carboxylic acids is 1. The van der Waals surface area contributed by atoms with Gasteiger partial charge < -0.3 is 19.1 Å². The van der Waals surface area contributed by atoms with Crippen LogP contribution in [0, 0.1) is 0 Å². The number of ether oxygens (including phenoxy) is 2. The average Bonchev–Trinajstić information content (AvgIpc) is 2.63. The van der Waals surface area contributed by atoms with E-state index in [-0.39, 0.29) is 23.1 Å². The van der Waals surface area contributed by atoms with Crippen LogP contribution in [0.5, 0.6) is 11.5 Å². The number of hydrogen-bond donors (Lipinski definition) is 1. The van der Waals surface area contributed by atoms with Crippen molar-refractivity contribution in [3.05, 3.63) is 45.7 Å². The third-order valence-electron chi connectivity index (χ3n) is 4.69. The molecule has 0 saturated heterocycles. The fourth-order valence-electron chi connectivity index (χ4n) is 3.36. The molecule has 2 heterocycles. The smallest absolute Gasteiger partial charge is 0.422 e. The topological polar surface area (TPSA) is 77.8 Å². The third-order valence-corrected chi connectivity index (χ3v) is 4.69. The summed E-state index contributed by atoms with van der Waals surface area (Å²) in [5, 5.41) is 9.22. The number of aromatic nitrogens is 1. The molecule has 0 saturated carbocycles. The van der Waals surface area contributed by atoms with Crippen LogP contribution >= 0.6 is 0 Å². The Balaban J connectivity index is 2.15. The maximum atomic E-state index is 12.5. The minimum absolute atomic E-state index is 0.0358. The standard InChI is InChI=1S/C19H18F3NO5/c1-3-11-4-10-5-17(28-9-19(20,21)22)16(27-2)6-12(10)14-7-15(24)13(18(25)26)8-23(11)14/h5-8,11H,3-4,9H2,1-2H3,(H,25,26). The van der Waals surface area contributed by atoms with Gasteiger partial charge in [0, 0.05) is 23.9 Å². The molecule has 0 radical (unpaired) electrons. The van der Waals surface area contributed by atoms with Crippen molar-refractivity contribution in [3.63, 3.8) is 0 Å². The van der Waals surface area contributed by atoms with Crippen molar-refractivity contribution >= 4 is 5.97 Å².